The van der Waals surface area contributed by atoms with Gasteiger partial charge < -0.3 is 4.42 Å². The highest BCUT2D eigenvalue weighted by molar-refractivity contribution is 6.31. The Bertz CT molecular complexity index is 723. The van der Waals surface area contributed by atoms with Crippen molar-refractivity contribution in [2.24, 2.45) is 0 Å². The summed E-state index contributed by atoms with van der Waals surface area (Å²) >= 11 is 5.87. The van der Waals surface area contributed by atoms with Crippen molar-refractivity contribution in [2.75, 3.05) is 0 Å². The van der Waals surface area contributed by atoms with Gasteiger partial charge in [0.25, 0.3) is 5.89 Å². The van der Waals surface area contributed by atoms with Gasteiger partial charge in [-0.25, -0.2) is 4.98 Å². The summed E-state index contributed by atoms with van der Waals surface area (Å²) in [5, 5.41) is 1.34. The largest absolute Gasteiger partial charge is 0.442 e. The molecule has 88 valence electrons. The SMILES string of the molecule is O=C(c1ccc2ncc(Cl)cc2c1)c1ncco1. The molecule has 0 aliphatic heterocycles. The van der Waals surface area contributed by atoms with Gasteiger partial charge in [-0.15, -0.1) is 0 Å². The van der Waals surface area contributed by atoms with Gasteiger partial charge >= 0.3 is 0 Å². The van der Waals surface area contributed by atoms with E-state index in [0.29, 0.717) is 10.6 Å². The van der Waals surface area contributed by atoms with Crippen molar-refractivity contribution in [1.82, 2.24) is 9.97 Å². The standard InChI is InChI=1S/C13H7ClN2O2/c14-10-6-9-5-8(1-2-11(9)16-7-10)12(17)13-15-3-4-18-13/h1-7H. The molecule has 3 aromatic rings. The second-order valence-corrected chi connectivity index (χ2v) is 4.16. The molecular formula is C13H7ClN2O2. The summed E-state index contributed by atoms with van der Waals surface area (Å²) in [6.07, 6.45) is 4.37. The minimum absolute atomic E-state index is 0.0735. The molecule has 0 unspecified atom stereocenters. The Labute approximate surface area is 107 Å². The Balaban J connectivity index is 2.10. The van der Waals surface area contributed by atoms with Crippen LogP contribution in [0.25, 0.3) is 10.9 Å². The van der Waals surface area contributed by atoms with Gasteiger partial charge in [0, 0.05) is 17.1 Å². The highest BCUT2D eigenvalue weighted by atomic mass is 35.5. The molecule has 0 saturated carbocycles. The molecule has 0 saturated heterocycles. The number of halogens is 1. The Kier molecular flexibility index (Phi) is 2.57. The number of carbonyl (C=O) groups is 1. The van der Waals surface area contributed by atoms with Crippen LogP contribution in [-0.2, 0) is 0 Å². The molecule has 1 aromatic carbocycles. The number of carbonyl (C=O) groups excluding carboxylic acids is 1. The average Bonchev–Trinajstić information content (AvgIpc) is 2.90. The lowest BCUT2D eigenvalue weighted by Gasteiger charge is -2.01. The predicted octanol–water partition coefficient (Wildman–Crippen LogP) is 3.11. The number of hydrogen-bond donors (Lipinski definition) is 0. The average molecular weight is 259 g/mol. The number of pyridine rings is 1. The minimum Gasteiger partial charge on any atom is -0.442 e. The summed E-state index contributed by atoms with van der Waals surface area (Å²) in [4.78, 5) is 20.0. The summed E-state index contributed by atoms with van der Waals surface area (Å²) < 4.78 is 4.98. The van der Waals surface area contributed by atoms with Gasteiger partial charge in [-0.1, -0.05) is 11.6 Å². The lowest BCUT2D eigenvalue weighted by molar-refractivity contribution is 0.100. The fourth-order valence-electron chi connectivity index (χ4n) is 1.71. The highest BCUT2D eigenvalue weighted by Crippen LogP contribution is 2.19. The quantitative estimate of drug-likeness (QED) is 0.663. The van der Waals surface area contributed by atoms with Crippen molar-refractivity contribution in [3.05, 3.63) is 59.4 Å². The molecule has 0 aliphatic rings. The van der Waals surface area contributed by atoms with E-state index in [1.807, 2.05) is 0 Å². The third-order valence-electron chi connectivity index (χ3n) is 2.54. The van der Waals surface area contributed by atoms with Gasteiger partial charge in [0.1, 0.15) is 6.26 Å². The number of aromatic nitrogens is 2. The normalized spacial score (nSPS) is 10.7. The molecule has 0 atom stereocenters. The van der Waals surface area contributed by atoms with Crippen molar-refractivity contribution in [2.45, 2.75) is 0 Å². The van der Waals surface area contributed by atoms with Crippen LogP contribution in [0.15, 0.2) is 47.3 Å². The monoisotopic (exact) mass is 258 g/mol. The van der Waals surface area contributed by atoms with Crippen LogP contribution >= 0.6 is 11.6 Å². The fourth-order valence-corrected chi connectivity index (χ4v) is 1.87. The second-order valence-electron chi connectivity index (χ2n) is 3.73. The third-order valence-corrected chi connectivity index (χ3v) is 2.74. The summed E-state index contributed by atoms with van der Waals surface area (Å²) in [6, 6.07) is 6.94. The summed E-state index contributed by atoms with van der Waals surface area (Å²) in [7, 11) is 0. The van der Waals surface area contributed by atoms with Gasteiger partial charge in [0.2, 0.25) is 5.78 Å². The highest BCUT2D eigenvalue weighted by Gasteiger charge is 2.13. The van der Waals surface area contributed by atoms with E-state index in [1.165, 1.54) is 12.5 Å². The molecule has 18 heavy (non-hydrogen) atoms. The maximum atomic E-state index is 12.0. The number of ketones is 1. The first kappa shape index (κ1) is 10.9. The number of nitrogens with zero attached hydrogens (tertiary/aromatic N) is 2. The van der Waals surface area contributed by atoms with E-state index in [9.17, 15) is 4.79 Å². The van der Waals surface area contributed by atoms with Crippen LogP contribution < -0.4 is 0 Å². The molecule has 0 amide bonds. The third kappa shape index (κ3) is 1.87. The van der Waals surface area contributed by atoms with E-state index in [-0.39, 0.29) is 11.7 Å². The Morgan fingerprint density at radius 2 is 2.11 bits per heavy atom. The van der Waals surface area contributed by atoms with Gasteiger partial charge in [0.15, 0.2) is 0 Å². The van der Waals surface area contributed by atoms with Crippen LogP contribution in [0.2, 0.25) is 5.02 Å². The summed E-state index contributed by atoms with van der Waals surface area (Å²) in [5.41, 5.74) is 1.28. The van der Waals surface area contributed by atoms with E-state index in [4.69, 9.17) is 16.0 Å². The molecular weight excluding hydrogens is 252 g/mol. The first-order valence-electron chi connectivity index (χ1n) is 5.23. The summed E-state index contributed by atoms with van der Waals surface area (Å²) in [5.74, 6) is -0.189. The molecule has 2 heterocycles. The lowest BCUT2D eigenvalue weighted by atomic mass is 10.1. The molecule has 0 fully saturated rings. The van der Waals surface area contributed by atoms with Crippen molar-refractivity contribution >= 4 is 28.3 Å². The van der Waals surface area contributed by atoms with Crippen LogP contribution in [0, 0.1) is 0 Å². The van der Waals surface area contributed by atoms with Crippen LogP contribution in [0.1, 0.15) is 16.2 Å². The molecule has 0 N–H and O–H groups in total. The zero-order valence-electron chi connectivity index (χ0n) is 9.13. The smallest absolute Gasteiger partial charge is 0.268 e. The van der Waals surface area contributed by atoms with Crippen molar-refractivity contribution in [1.29, 1.82) is 0 Å². The minimum atomic E-state index is -0.262. The zero-order chi connectivity index (χ0) is 12.5. The van der Waals surface area contributed by atoms with E-state index in [2.05, 4.69) is 9.97 Å². The number of hydrogen-bond acceptors (Lipinski definition) is 4. The second kappa shape index (κ2) is 4.23. The van der Waals surface area contributed by atoms with Crippen molar-refractivity contribution in [3.63, 3.8) is 0 Å². The number of oxazole rings is 1. The number of fused-ring (bicyclic) bond motifs is 1. The number of rotatable bonds is 2. The topological polar surface area (TPSA) is 56.0 Å². The van der Waals surface area contributed by atoms with Crippen molar-refractivity contribution < 1.29 is 9.21 Å². The Morgan fingerprint density at radius 3 is 2.89 bits per heavy atom. The predicted molar refractivity (Wildman–Crippen MR) is 66.7 cm³/mol. The van der Waals surface area contributed by atoms with Gasteiger partial charge in [-0.3, -0.25) is 9.78 Å². The van der Waals surface area contributed by atoms with Crippen molar-refractivity contribution in [3.8, 4) is 0 Å². The van der Waals surface area contributed by atoms with E-state index < -0.39 is 0 Å². The maximum absolute atomic E-state index is 12.0. The van der Waals surface area contributed by atoms with Gasteiger partial charge in [-0.2, -0.15) is 0 Å². The van der Waals surface area contributed by atoms with E-state index in [0.717, 1.165) is 10.9 Å². The first-order valence-corrected chi connectivity index (χ1v) is 5.61. The molecule has 0 spiro atoms. The lowest BCUT2D eigenvalue weighted by Crippen LogP contribution is -2.01. The fraction of sp³-hybridized carbons (Fsp3) is 0. The van der Waals surface area contributed by atoms with Gasteiger partial charge in [0.05, 0.1) is 16.7 Å². The maximum Gasteiger partial charge on any atom is 0.268 e. The molecule has 4 nitrogen and oxygen atoms in total. The molecule has 0 aliphatic carbocycles. The number of benzene rings is 1. The zero-order valence-corrected chi connectivity index (χ0v) is 9.89. The Hall–Kier alpha value is -2.20. The molecule has 5 heteroatoms. The molecule has 0 radical (unpaired) electrons. The molecule has 0 bridgehead atoms. The van der Waals surface area contributed by atoms with E-state index >= 15 is 0 Å². The van der Waals surface area contributed by atoms with Crippen LogP contribution in [-0.4, -0.2) is 15.8 Å². The molecule has 2 aromatic heterocycles. The van der Waals surface area contributed by atoms with Crippen LogP contribution in [0.4, 0.5) is 0 Å². The van der Waals surface area contributed by atoms with Crippen LogP contribution in [0.5, 0.6) is 0 Å². The summed E-state index contributed by atoms with van der Waals surface area (Å²) in [6.45, 7) is 0. The Morgan fingerprint density at radius 1 is 1.22 bits per heavy atom. The van der Waals surface area contributed by atoms with E-state index in [1.54, 1.807) is 30.5 Å². The van der Waals surface area contributed by atoms with Crippen LogP contribution in [0.3, 0.4) is 0 Å². The molecule has 3 rings (SSSR count). The van der Waals surface area contributed by atoms with Gasteiger partial charge in [-0.05, 0) is 24.3 Å². The first-order chi connectivity index (χ1) is 8.74.